The van der Waals surface area contributed by atoms with E-state index in [-0.39, 0.29) is 11.4 Å². The highest BCUT2D eigenvalue weighted by molar-refractivity contribution is 6.08. The van der Waals surface area contributed by atoms with Gasteiger partial charge in [0, 0.05) is 29.1 Å². The zero-order valence-electron chi connectivity index (χ0n) is 22.9. The number of benzene rings is 3. The van der Waals surface area contributed by atoms with Gasteiger partial charge in [0.2, 0.25) is 11.8 Å². The Morgan fingerprint density at radius 2 is 1.62 bits per heavy atom. The Kier molecular flexibility index (Phi) is 7.54. The summed E-state index contributed by atoms with van der Waals surface area (Å²) in [5, 5.41) is 11.0. The van der Waals surface area contributed by atoms with Crippen LogP contribution < -0.4 is 25.4 Å². The fourth-order valence-corrected chi connectivity index (χ4v) is 4.85. The van der Waals surface area contributed by atoms with Gasteiger partial charge in [-0.1, -0.05) is 63.9 Å². The van der Waals surface area contributed by atoms with Crippen molar-refractivity contribution in [1.29, 1.82) is 0 Å². The van der Waals surface area contributed by atoms with Crippen molar-refractivity contribution in [2.45, 2.75) is 57.9 Å². The van der Waals surface area contributed by atoms with E-state index < -0.39 is 0 Å². The van der Waals surface area contributed by atoms with E-state index in [9.17, 15) is 4.79 Å². The number of hydrogen-bond donors (Lipinski definition) is 3. The first-order valence-electron chi connectivity index (χ1n) is 13.4. The van der Waals surface area contributed by atoms with Gasteiger partial charge in [-0.05, 0) is 48.1 Å². The fraction of sp³-hybridized carbons (Fsp3) is 0.323. The molecule has 0 bridgehead atoms. The average Bonchev–Trinajstić information content (AvgIpc) is 3.43. The van der Waals surface area contributed by atoms with Gasteiger partial charge in [0.15, 0.2) is 0 Å². The Bertz CT molecular complexity index is 1480. The Labute approximate surface area is 229 Å². The summed E-state index contributed by atoms with van der Waals surface area (Å²) in [4.78, 5) is 22.0. The Hall–Kier alpha value is -4.33. The van der Waals surface area contributed by atoms with Crippen molar-refractivity contribution >= 4 is 34.1 Å². The van der Waals surface area contributed by atoms with Crippen molar-refractivity contribution in [2.24, 2.45) is 0 Å². The molecule has 1 aromatic heterocycles. The number of rotatable bonds is 7. The summed E-state index contributed by atoms with van der Waals surface area (Å²) in [6, 6.07) is 19.1. The van der Waals surface area contributed by atoms with Crippen molar-refractivity contribution in [1.82, 2.24) is 9.97 Å². The summed E-state index contributed by atoms with van der Waals surface area (Å²) in [5.74, 6) is 2.27. The number of nitrogens with zero attached hydrogens (tertiary/aromatic N) is 2. The fourth-order valence-electron chi connectivity index (χ4n) is 4.85. The Morgan fingerprint density at radius 3 is 2.36 bits per heavy atom. The zero-order chi connectivity index (χ0) is 27.4. The van der Waals surface area contributed by atoms with E-state index in [1.807, 2.05) is 54.6 Å². The lowest BCUT2D eigenvalue weighted by molar-refractivity contribution is 0.262. The summed E-state index contributed by atoms with van der Waals surface area (Å²) in [5.41, 5.74) is 2.30. The van der Waals surface area contributed by atoms with Gasteiger partial charge in [0.25, 0.3) is 0 Å². The van der Waals surface area contributed by atoms with Crippen LogP contribution in [-0.2, 0) is 5.41 Å². The number of aromatic nitrogens is 2. The van der Waals surface area contributed by atoms with Gasteiger partial charge in [0.1, 0.15) is 11.5 Å². The number of amides is 2. The quantitative estimate of drug-likeness (QED) is 0.228. The highest BCUT2D eigenvalue weighted by atomic mass is 16.5. The summed E-state index contributed by atoms with van der Waals surface area (Å²) in [6.45, 7) is 6.38. The van der Waals surface area contributed by atoms with E-state index in [4.69, 9.17) is 9.47 Å². The molecule has 0 aliphatic heterocycles. The summed E-state index contributed by atoms with van der Waals surface area (Å²) in [7, 11) is 1.59. The van der Waals surface area contributed by atoms with E-state index in [1.54, 1.807) is 19.4 Å². The molecule has 1 saturated carbocycles. The maximum absolute atomic E-state index is 13.1. The molecule has 0 spiro atoms. The number of anilines is 3. The average molecular weight is 526 g/mol. The molecule has 1 aliphatic carbocycles. The van der Waals surface area contributed by atoms with Crippen LogP contribution in [0.3, 0.4) is 0 Å². The van der Waals surface area contributed by atoms with Gasteiger partial charge in [0.05, 0.1) is 18.5 Å². The normalized spacial score (nSPS) is 13.7. The van der Waals surface area contributed by atoms with Crippen LogP contribution >= 0.6 is 0 Å². The van der Waals surface area contributed by atoms with Gasteiger partial charge >= 0.3 is 6.03 Å². The molecule has 8 nitrogen and oxygen atoms in total. The number of carbonyl (C=O) groups excluding carboxylic acids is 1. The minimum absolute atomic E-state index is 0.0672. The molecule has 0 saturated heterocycles. The van der Waals surface area contributed by atoms with E-state index in [0.717, 1.165) is 29.2 Å². The number of methoxy groups -OCH3 is 1. The minimum Gasteiger partial charge on any atom is -0.495 e. The second-order valence-corrected chi connectivity index (χ2v) is 10.8. The summed E-state index contributed by atoms with van der Waals surface area (Å²) >= 11 is 0. The largest absolute Gasteiger partial charge is 0.495 e. The van der Waals surface area contributed by atoms with E-state index >= 15 is 0 Å². The van der Waals surface area contributed by atoms with Crippen molar-refractivity contribution in [2.75, 3.05) is 23.1 Å². The molecule has 2 amide bonds. The van der Waals surface area contributed by atoms with Crippen LogP contribution in [0.15, 0.2) is 66.9 Å². The molecule has 5 rings (SSSR count). The molecule has 4 aromatic rings. The third-order valence-corrected chi connectivity index (χ3v) is 6.98. The van der Waals surface area contributed by atoms with Crippen molar-refractivity contribution in [3.63, 3.8) is 0 Å². The molecule has 3 aromatic carbocycles. The van der Waals surface area contributed by atoms with Crippen LogP contribution in [0.1, 0.15) is 52.0 Å². The number of ether oxygens (including phenoxy) is 2. The van der Waals surface area contributed by atoms with Crippen LogP contribution in [0.4, 0.5) is 22.1 Å². The van der Waals surface area contributed by atoms with Crippen LogP contribution in [0.25, 0.3) is 10.8 Å². The van der Waals surface area contributed by atoms with Gasteiger partial charge in [-0.25, -0.2) is 9.78 Å². The van der Waals surface area contributed by atoms with Gasteiger partial charge in [-0.3, -0.25) is 0 Å². The topological polar surface area (TPSA) is 97.4 Å². The van der Waals surface area contributed by atoms with E-state index in [2.05, 4.69) is 46.7 Å². The monoisotopic (exact) mass is 525 g/mol. The molecule has 1 heterocycles. The first-order chi connectivity index (χ1) is 18.8. The summed E-state index contributed by atoms with van der Waals surface area (Å²) < 4.78 is 11.7. The molecule has 202 valence electrons. The van der Waals surface area contributed by atoms with Crippen molar-refractivity contribution < 1.29 is 14.3 Å². The maximum Gasteiger partial charge on any atom is 0.323 e. The lowest BCUT2D eigenvalue weighted by Crippen LogP contribution is -2.21. The van der Waals surface area contributed by atoms with Gasteiger partial charge in [-0.2, -0.15) is 4.98 Å². The minimum atomic E-state index is -0.364. The van der Waals surface area contributed by atoms with Crippen LogP contribution in [0.5, 0.6) is 17.4 Å². The second-order valence-electron chi connectivity index (χ2n) is 10.8. The SMILES string of the molecule is COc1ccc(C(C)(C)C)cc1NC(=O)Nc1ccc(Oc2ccnc(NC3CCCC3)n2)c2ccccc12. The van der Waals surface area contributed by atoms with E-state index in [1.165, 1.54) is 12.8 Å². The molecule has 1 fully saturated rings. The highest BCUT2D eigenvalue weighted by Gasteiger charge is 2.18. The summed E-state index contributed by atoms with van der Waals surface area (Å²) in [6.07, 6.45) is 6.43. The number of carbonyl (C=O) groups is 1. The Morgan fingerprint density at radius 1 is 0.897 bits per heavy atom. The third-order valence-electron chi connectivity index (χ3n) is 6.98. The van der Waals surface area contributed by atoms with Crippen LogP contribution in [-0.4, -0.2) is 29.2 Å². The molecular weight excluding hydrogens is 490 g/mol. The maximum atomic E-state index is 13.1. The lowest BCUT2D eigenvalue weighted by atomic mass is 9.87. The van der Waals surface area contributed by atoms with Crippen molar-refractivity contribution in [3.8, 4) is 17.4 Å². The Balaban J connectivity index is 1.35. The number of hydrogen-bond acceptors (Lipinski definition) is 6. The van der Waals surface area contributed by atoms with Crippen LogP contribution in [0.2, 0.25) is 0 Å². The molecule has 3 N–H and O–H groups in total. The third kappa shape index (κ3) is 6.22. The van der Waals surface area contributed by atoms with E-state index in [0.29, 0.717) is 40.7 Å². The van der Waals surface area contributed by atoms with Crippen LogP contribution in [0, 0.1) is 0 Å². The van der Waals surface area contributed by atoms with Gasteiger partial charge < -0.3 is 25.4 Å². The zero-order valence-corrected chi connectivity index (χ0v) is 22.9. The second kappa shape index (κ2) is 11.2. The number of urea groups is 1. The first-order valence-corrected chi connectivity index (χ1v) is 13.4. The molecule has 8 heteroatoms. The molecule has 39 heavy (non-hydrogen) atoms. The standard InChI is InChI=1S/C31H35N5O3/c1-31(2,3)20-13-15-27(38-4)25(19-20)35-30(37)34-24-14-16-26(23-12-8-7-11-22(23)24)39-28-17-18-32-29(36-28)33-21-9-5-6-10-21/h7-8,11-19,21H,5-6,9-10H2,1-4H3,(H,32,33,36)(H2,34,35,37). The number of fused-ring (bicyclic) bond motifs is 1. The molecular formula is C31H35N5O3. The molecule has 1 aliphatic rings. The predicted octanol–water partition coefficient (Wildman–Crippen LogP) is 7.73. The molecule has 0 atom stereocenters. The number of nitrogens with one attached hydrogen (secondary N) is 3. The lowest BCUT2D eigenvalue weighted by Gasteiger charge is -2.21. The highest BCUT2D eigenvalue weighted by Crippen LogP contribution is 2.35. The predicted molar refractivity (Wildman–Crippen MR) is 156 cm³/mol. The van der Waals surface area contributed by atoms with Crippen molar-refractivity contribution in [3.05, 3.63) is 72.4 Å². The molecule has 0 radical (unpaired) electrons. The van der Waals surface area contributed by atoms with Gasteiger partial charge in [-0.15, -0.1) is 0 Å². The smallest absolute Gasteiger partial charge is 0.323 e. The first kappa shape index (κ1) is 26.3. The molecule has 0 unspecified atom stereocenters.